The van der Waals surface area contributed by atoms with Crippen LogP contribution in [-0.4, -0.2) is 0 Å². The second kappa shape index (κ2) is 27.5. The summed E-state index contributed by atoms with van der Waals surface area (Å²) in [6.45, 7) is 4.58. The third-order valence-electron chi connectivity index (χ3n) is 6.02. The molecule has 0 aliphatic rings. The summed E-state index contributed by atoms with van der Waals surface area (Å²) in [5.74, 6) is 0. The molecule has 0 heteroatoms. The zero-order valence-corrected chi connectivity index (χ0v) is 20.6. The van der Waals surface area contributed by atoms with Crippen LogP contribution in [0.4, 0.5) is 0 Å². The molecular formula is C29H56. The van der Waals surface area contributed by atoms with Crippen molar-refractivity contribution in [2.75, 3.05) is 0 Å². The van der Waals surface area contributed by atoms with Crippen LogP contribution in [0.2, 0.25) is 0 Å². The molecule has 0 unspecified atom stereocenters. The largest absolute Gasteiger partial charge is 0.0885 e. The van der Waals surface area contributed by atoms with Crippen LogP contribution >= 0.6 is 0 Å². The van der Waals surface area contributed by atoms with E-state index in [1.807, 2.05) is 0 Å². The predicted octanol–water partition coefficient (Wildman–Crippen LogP) is 11.1. The minimum atomic E-state index is 1.30. The molecule has 0 amide bonds. The summed E-state index contributed by atoms with van der Waals surface area (Å²) in [6.07, 6.45) is 41.9. The van der Waals surface area contributed by atoms with E-state index in [-0.39, 0.29) is 0 Å². The van der Waals surface area contributed by atoms with E-state index in [1.165, 1.54) is 148 Å². The second-order valence-electron chi connectivity index (χ2n) is 9.11. The van der Waals surface area contributed by atoms with Crippen molar-refractivity contribution in [1.82, 2.24) is 0 Å². The zero-order chi connectivity index (χ0) is 21.1. The fourth-order valence-corrected chi connectivity index (χ4v) is 3.96. The van der Waals surface area contributed by atoms with Crippen LogP contribution < -0.4 is 0 Å². The number of rotatable bonds is 24. The molecule has 0 N–H and O–H groups in total. The van der Waals surface area contributed by atoms with E-state index in [1.54, 1.807) is 0 Å². The van der Waals surface area contributed by atoms with E-state index >= 15 is 0 Å². The Hall–Kier alpha value is -0.520. The van der Waals surface area contributed by atoms with Gasteiger partial charge in [-0.3, -0.25) is 0 Å². The maximum Gasteiger partial charge on any atom is -0.0351 e. The van der Waals surface area contributed by atoms with Crippen molar-refractivity contribution >= 4 is 0 Å². The molecule has 0 aliphatic heterocycles. The van der Waals surface area contributed by atoms with E-state index in [2.05, 4.69) is 38.2 Å². The van der Waals surface area contributed by atoms with Gasteiger partial charge in [0, 0.05) is 0 Å². The van der Waals surface area contributed by atoms with Gasteiger partial charge in [-0.05, 0) is 51.4 Å². The van der Waals surface area contributed by atoms with Gasteiger partial charge in [-0.25, -0.2) is 0 Å². The minimum Gasteiger partial charge on any atom is -0.0885 e. The van der Waals surface area contributed by atoms with Crippen LogP contribution in [0.15, 0.2) is 24.3 Å². The lowest BCUT2D eigenvalue weighted by molar-refractivity contribution is 0.590. The molecule has 0 rings (SSSR count). The third kappa shape index (κ3) is 27.5. The Morgan fingerprint density at radius 2 is 0.483 bits per heavy atom. The topological polar surface area (TPSA) is 0 Å². The monoisotopic (exact) mass is 404 g/mol. The highest BCUT2D eigenvalue weighted by Gasteiger charge is 1.92. The van der Waals surface area contributed by atoms with Crippen molar-refractivity contribution in [2.24, 2.45) is 0 Å². The number of hydrogen-bond acceptors (Lipinski definition) is 0. The summed E-state index contributed by atoms with van der Waals surface area (Å²) in [6, 6.07) is 0. The van der Waals surface area contributed by atoms with Gasteiger partial charge < -0.3 is 0 Å². The second-order valence-corrected chi connectivity index (χ2v) is 9.11. The van der Waals surface area contributed by atoms with E-state index in [0.717, 1.165) is 0 Å². The molecule has 0 nitrogen and oxygen atoms in total. The fourth-order valence-electron chi connectivity index (χ4n) is 3.96. The van der Waals surface area contributed by atoms with E-state index in [9.17, 15) is 0 Å². The lowest BCUT2D eigenvalue weighted by atomic mass is 10.1. The molecule has 0 saturated carbocycles. The molecule has 172 valence electrons. The normalized spacial score (nSPS) is 11.9. The summed E-state index contributed by atoms with van der Waals surface area (Å²) in [7, 11) is 0. The van der Waals surface area contributed by atoms with Crippen LogP contribution in [0.25, 0.3) is 0 Å². The Kier molecular flexibility index (Phi) is 27.0. The summed E-state index contributed by atoms with van der Waals surface area (Å²) < 4.78 is 0. The highest BCUT2D eigenvalue weighted by molar-refractivity contribution is 4.82. The first-order chi connectivity index (χ1) is 14.4. The SMILES string of the molecule is CCCCCCCC/C=C\CCCCCCCC/C=C\CCCCCCCCC. The third-order valence-corrected chi connectivity index (χ3v) is 6.02. The van der Waals surface area contributed by atoms with Crippen LogP contribution in [0.1, 0.15) is 162 Å². The van der Waals surface area contributed by atoms with Crippen molar-refractivity contribution in [1.29, 1.82) is 0 Å². The van der Waals surface area contributed by atoms with Gasteiger partial charge in [0.15, 0.2) is 0 Å². The smallest absolute Gasteiger partial charge is 0.0351 e. The van der Waals surface area contributed by atoms with E-state index in [0.29, 0.717) is 0 Å². The average molecular weight is 405 g/mol. The summed E-state index contributed by atoms with van der Waals surface area (Å²) in [4.78, 5) is 0. The van der Waals surface area contributed by atoms with Crippen molar-refractivity contribution in [2.45, 2.75) is 162 Å². The lowest BCUT2D eigenvalue weighted by Crippen LogP contribution is -1.80. The van der Waals surface area contributed by atoms with Gasteiger partial charge in [0.25, 0.3) is 0 Å². The van der Waals surface area contributed by atoms with E-state index in [4.69, 9.17) is 0 Å². The predicted molar refractivity (Wildman–Crippen MR) is 136 cm³/mol. The maximum atomic E-state index is 2.44. The molecule has 0 aromatic heterocycles. The van der Waals surface area contributed by atoms with Gasteiger partial charge in [0.05, 0.1) is 0 Å². The molecule has 0 fully saturated rings. The first kappa shape index (κ1) is 28.5. The molecule has 0 spiro atoms. The number of hydrogen-bond donors (Lipinski definition) is 0. The molecule has 29 heavy (non-hydrogen) atoms. The van der Waals surface area contributed by atoms with Crippen molar-refractivity contribution in [3.63, 3.8) is 0 Å². The number of allylic oxidation sites excluding steroid dienone is 4. The van der Waals surface area contributed by atoms with Crippen LogP contribution in [0.3, 0.4) is 0 Å². The van der Waals surface area contributed by atoms with Crippen molar-refractivity contribution in [3.05, 3.63) is 24.3 Å². The highest BCUT2D eigenvalue weighted by Crippen LogP contribution is 2.12. The minimum absolute atomic E-state index is 1.30. The zero-order valence-electron chi connectivity index (χ0n) is 20.6. The molecular weight excluding hydrogens is 348 g/mol. The summed E-state index contributed by atoms with van der Waals surface area (Å²) >= 11 is 0. The van der Waals surface area contributed by atoms with E-state index < -0.39 is 0 Å². The van der Waals surface area contributed by atoms with Crippen LogP contribution in [0.5, 0.6) is 0 Å². The molecule has 0 aromatic rings. The van der Waals surface area contributed by atoms with Crippen LogP contribution in [0, 0.1) is 0 Å². The molecule has 0 saturated heterocycles. The Bertz CT molecular complexity index is 325. The summed E-state index contributed by atoms with van der Waals surface area (Å²) in [5.41, 5.74) is 0. The molecule has 0 atom stereocenters. The van der Waals surface area contributed by atoms with Crippen molar-refractivity contribution < 1.29 is 0 Å². The molecule has 0 bridgehead atoms. The first-order valence-corrected chi connectivity index (χ1v) is 13.7. The Balaban J connectivity index is 3.11. The van der Waals surface area contributed by atoms with Crippen molar-refractivity contribution in [3.8, 4) is 0 Å². The maximum absolute atomic E-state index is 2.44. The first-order valence-electron chi connectivity index (χ1n) is 13.7. The van der Waals surface area contributed by atoms with Gasteiger partial charge in [-0.2, -0.15) is 0 Å². The Morgan fingerprint density at radius 3 is 0.724 bits per heavy atom. The van der Waals surface area contributed by atoms with Gasteiger partial charge in [0.1, 0.15) is 0 Å². The van der Waals surface area contributed by atoms with Gasteiger partial charge in [-0.15, -0.1) is 0 Å². The standard InChI is InChI=1S/C29H56/c1-3-5-7-9-11-13-15-17-19-21-23-25-27-29-28-26-24-22-20-18-16-14-12-10-8-6-4-2/h17,19-20,22H,3-16,18,21,23-29H2,1-2H3/b19-17-,22-20-. The Labute approximate surface area is 186 Å². The highest BCUT2D eigenvalue weighted by atomic mass is 14.0. The quantitative estimate of drug-likeness (QED) is 0.111. The molecule has 0 heterocycles. The van der Waals surface area contributed by atoms with Gasteiger partial charge >= 0.3 is 0 Å². The van der Waals surface area contributed by atoms with Gasteiger partial charge in [-0.1, -0.05) is 134 Å². The lowest BCUT2D eigenvalue weighted by Gasteiger charge is -2.00. The molecule has 0 aromatic carbocycles. The van der Waals surface area contributed by atoms with Crippen LogP contribution in [-0.2, 0) is 0 Å². The van der Waals surface area contributed by atoms with Gasteiger partial charge in [0.2, 0.25) is 0 Å². The summed E-state index contributed by atoms with van der Waals surface area (Å²) in [5, 5.41) is 0. The Morgan fingerprint density at radius 1 is 0.276 bits per heavy atom. The number of unbranched alkanes of at least 4 members (excludes halogenated alkanes) is 20. The molecule has 0 radical (unpaired) electrons. The fraction of sp³-hybridized carbons (Fsp3) is 0.862. The molecule has 0 aliphatic carbocycles. The average Bonchev–Trinajstić information content (AvgIpc) is 2.74.